The molecule has 5 heteroatoms. The van der Waals surface area contributed by atoms with Gasteiger partial charge in [-0.2, -0.15) is 5.10 Å². The minimum absolute atomic E-state index is 0.708. The first-order chi connectivity index (χ1) is 12.8. The summed E-state index contributed by atoms with van der Waals surface area (Å²) in [6.45, 7) is 0. The summed E-state index contributed by atoms with van der Waals surface area (Å²) in [5, 5.41) is 6.44. The molecule has 0 unspecified atom stereocenters. The van der Waals surface area contributed by atoms with Gasteiger partial charge in [-0.15, -0.1) is 0 Å². The second-order valence-electron chi connectivity index (χ2n) is 5.98. The number of methoxy groups -OCH3 is 2. The fourth-order valence-corrected chi connectivity index (χ4v) is 3.12. The topological polar surface area (TPSA) is 49.2 Å². The van der Waals surface area contributed by atoms with Crippen LogP contribution in [0.15, 0.2) is 67.1 Å². The average Bonchev–Trinajstić information content (AvgIpc) is 3.22. The lowest BCUT2D eigenvalue weighted by Gasteiger charge is -2.12. The van der Waals surface area contributed by atoms with Gasteiger partial charge in [0.15, 0.2) is 11.5 Å². The zero-order valence-electron chi connectivity index (χ0n) is 14.7. The molecular formula is C21H19N3O2. The van der Waals surface area contributed by atoms with E-state index in [0.29, 0.717) is 5.75 Å². The molecule has 0 atom stereocenters. The van der Waals surface area contributed by atoms with Gasteiger partial charge in [0.2, 0.25) is 0 Å². The van der Waals surface area contributed by atoms with Crippen LogP contribution in [0.5, 0.6) is 11.5 Å². The Balaban J connectivity index is 1.75. The quantitative estimate of drug-likeness (QED) is 0.548. The van der Waals surface area contributed by atoms with Crippen molar-refractivity contribution in [1.29, 1.82) is 0 Å². The van der Waals surface area contributed by atoms with E-state index >= 15 is 0 Å². The number of hydrogen-bond acceptors (Lipinski definition) is 4. The Labute approximate surface area is 151 Å². The van der Waals surface area contributed by atoms with Crippen LogP contribution in [0, 0.1) is 0 Å². The Bertz CT molecular complexity index is 1040. The van der Waals surface area contributed by atoms with E-state index in [1.807, 2.05) is 53.5 Å². The Morgan fingerprint density at radius 3 is 2.54 bits per heavy atom. The lowest BCUT2D eigenvalue weighted by Crippen LogP contribution is -1.98. The number of pyridine rings is 1. The van der Waals surface area contributed by atoms with Crippen LogP contribution in [0.1, 0.15) is 11.3 Å². The maximum Gasteiger partial charge on any atom is 0.161 e. The smallest absolute Gasteiger partial charge is 0.161 e. The minimum Gasteiger partial charge on any atom is -0.493 e. The van der Waals surface area contributed by atoms with Crippen LogP contribution in [0.3, 0.4) is 0 Å². The van der Waals surface area contributed by atoms with E-state index in [1.54, 1.807) is 20.4 Å². The third kappa shape index (κ3) is 2.99. The fraction of sp³-hybridized carbons (Fsp3) is 0.143. The van der Waals surface area contributed by atoms with Crippen molar-refractivity contribution in [1.82, 2.24) is 14.8 Å². The van der Waals surface area contributed by atoms with Gasteiger partial charge in [-0.1, -0.05) is 12.1 Å². The molecule has 0 radical (unpaired) electrons. The summed E-state index contributed by atoms with van der Waals surface area (Å²) in [6, 6.07) is 16.2. The molecule has 2 aromatic carbocycles. The maximum absolute atomic E-state index is 5.45. The number of benzene rings is 2. The SMILES string of the molecule is COc1cc2ccnc(Cc3cccc(-n4cccn4)c3)c2cc1OC. The summed E-state index contributed by atoms with van der Waals surface area (Å²) >= 11 is 0. The number of hydrogen-bond donors (Lipinski definition) is 0. The minimum atomic E-state index is 0.708. The third-order valence-electron chi connectivity index (χ3n) is 4.40. The van der Waals surface area contributed by atoms with E-state index in [0.717, 1.165) is 34.3 Å². The highest BCUT2D eigenvalue weighted by atomic mass is 16.5. The van der Waals surface area contributed by atoms with Crippen molar-refractivity contribution in [3.8, 4) is 17.2 Å². The number of rotatable bonds is 5. The van der Waals surface area contributed by atoms with Gasteiger partial charge in [0.05, 0.1) is 25.6 Å². The lowest BCUT2D eigenvalue weighted by molar-refractivity contribution is 0.356. The molecule has 4 rings (SSSR count). The first-order valence-corrected chi connectivity index (χ1v) is 8.37. The summed E-state index contributed by atoms with van der Waals surface area (Å²) in [5.74, 6) is 1.43. The summed E-state index contributed by atoms with van der Waals surface area (Å²) in [5.41, 5.74) is 3.21. The Morgan fingerprint density at radius 1 is 0.923 bits per heavy atom. The van der Waals surface area contributed by atoms with Gasteiger partial charge in [0.1, 0.15) is 0 Å². The second kappa shape index (κ2) is 6.88. The van der Waals surface area contributed by atoms with E-state index in [4.69, 9.17) is 9.47 Å². The highest BCUT2D eigenvalue weighted by molar-refractivity contribution is 5.88. The van der Waals surface area contributed by atoms with Crippen LogP contribution in [0.25, 0.3) is 16.5 Å². The van der Waals surface area contributed by atoms with Gasteiger partial charge in [-0.05, 0) is 47.3 Å². The van der Waals surface area contributed by atoms with Crippen molar-refractivity contribution in [3.05, 3.63) is 78.4 Å². The monoisotopic (exact) mass is 345 g/mol. The van der Waals surface area contributed by atoms with Gasteiger partial charge in [-0.25, -0.2) is 4.68 Å². The molecule has 0 saturated carbocycles. The molecule has 2 heterocycles. The molecule has 0 fully saturated rings. The summed E-state index contributed by atoms with van der Waals surface area (Å²) in [4.78, 5) is 4.61. The van der Waals surface area contributed by atoms with Crippen molar-refractivity contribution in [3.63, 3.8) is 0 Å². The van der Waals surface area contributed by atoms with Crippen LogP contribution in [0.2, 0.25) is 0 Å². The van der Waals surface area contributed by atoms with Crippen molar-refractivity contribution in [2.24, 2.45) is 0 Å². The molecule has 4 aromatic rings. The molecule has 0 N–H and O–H groups in total. The Kier molecular flexibility index (Phi) is 4.27. The maximum atomic E-state index is 5.45. The first kappa shape index (κ1) is 16.1. The van der Waals surface area contributed by atoms with Crippen molar-refractivity contribution in [2.45, 2.75) is 6.42 Å². The van der Waals surface area contributed by atoms with Crippen LogP contribution < -0.4 is 9.47 Å². The zero-order chi connectivity index (χ0) is 17.9. The standard InChI is InChI=1S/C21H19N3O2/c1-25-20-13-16-7-9-22-19(18(16)14-21(20)26-2)12-15-5-3-6-17(11-15)24-10-4-8-23-24/h3-11,13-14H,12H2,1-2H3. The van der Waals surface area contributed by atoms with Gasteiger partial charge in [0.25, 0.3) is 0 Å². The van der Waals surface area contributed by atoms with Crippen LogP contribution in [-0.4, -0.2) is 29.0 Å². The molecule has 5 nitrogen and oxygen atoms in total. The van der Waals surface area contributed by atoms with E-state index in [1.165, 1.54) is 5.56 Å². The molecular weight excluding hydrogens is 326 g/mol. The van der Waals surface area contributed by atoms with Gasteiger partial charge < -0.3 is 9.47 Å². The number of nitrogens with zero attached hydrogens (tertiary/aromatic N) is 3. The van der Waals surface area contributed by atoms with Gasteiger partial charge in [0, 0.05) is 30.4 Å². The predicted octanol–water partition coefficient (Wildman–Crippen LogP) is 4.03. The molecule has 0 aliphatic heterocycles. The summed E-state index contributed by atoms with van der Waals surface area (Å²) in [7, 11) is 3.29. The number of aromatic nitrogens is 3. The van der Waals surface area contributed by atoms with Crippen molar-refractivity contribution >= 4 is 10.8 Å². The highest BCUT2D eigenvalue weighted by Crippen LogP contribution is 2.33. The van der Waals surface area contributed by atoms with Crippen LogP contribution in [-0.2, 0) is 6.42 Å². The Hall–Kier alpha value is -3.34. The zero-order valence-corrected chi connectivity index (χ0v) is 14.7. The number of fused-ring (bicyclic) bond motifs is 1. The molecule has 0 bridgehead atoms. The van der Waals surface area contributed by atoms with Crippen LogP contribution >= 0.6 is 0 Å². The Morgan fingerprint density at radius 2 is 1.77 bits per heavy atom. The summed E-state index contributed by atoms with van der Waals surface area (Å²) in [6.07, 6.45) is 6.27. The molecule has 0 spiro atoms. The van der Waals surface area contributed by atoms with Crippen LogP contribution in [0.4, 0.5) is 0 Å². The molecule has 130 valence electrons. The first-order valence-electron chi connectivity index (χ1n) is 8.37. The van der Waals surface area contributed by atoms with Crippen molar-refractivity contribution in [2.75, 3.05) is 14.2 Å². The third-order valence-corrected chi connectivity index (χ3v) is 4.40. The normalized spacial score (nSPS) is 10.8. The largest absolute Gasteiger partial charge is 0.493 e. The number of ether oxygens (including phenoxy) is 2. The van der Waals surface area contributed by atoms with E-state index in [2.05, 4.69) is 22.2 Å². The molecule has 2 aromatic heterocycles. The van der Waals surface area contributed by atoms with Crippen molar-refractivity contribution < 1.29 is 9.47 Å². The molecule has 0 saturated heterocycles. The molecule has 26 heavy (non-hydrogen) atoms. The predicted molar refractivity (Wildman–Crippen MR) is 101 cm³/mol. The van der Waals surface area contributed by atoms with E-state index < -0.39 is 0 Å². The lowest BCUT2D eigenvalue weighted by atomic mass is 10.0. The second-order valence-corrected chi connectivity index (χ2v) is 5.98. The molecule has 0 aliphatic carbocycles. The van der Waals surface area contributed by atoms with E-state index in [9.17, 15) is 0 Å². The van der Waals surface area contributed by atoms with Gasteiger partial charge >= 0.3 is 0 Å². The summed E-state index contributed by atoms with van der Waals surface area (Å²) < 4.78 is 12.7. The molecule has 0 aliphatic rings. The molecule has 0 amide bonds. The highest BCUT2D eigenvalue weighted by Gasteiger charge is 2.10. The van der Waals surface area contributed by atoms with Gasteiger partial charge in [-0.3, -0.25) is 4.98 Å². The van der Waals surface area contributed by atoms with E-state index in [-0.39, 0.29) is 0 Å². The average molecular weight is 345 g/mol. The fourth-order valence-electron chi connectivity index (χ4n) is 3.12.